The van der Waals surface area contributed by atoms with E-state index in [0.717, 1.165) is 42.7 Å². The van der Waals surface area contributed by atoms with Gasteiger partial charge in [-0.05, 0) is 45.7 Å². The number of carboxylic acids is 1. The molecule has 1 aromatic carbocycles. The number of hydrogen-bond donors (Lipinski definition) is 2. The van der Waals surface area contributed by atoms with Crippen molar-refractivity contribution in [2.24, 2.45) is 0 Å². The van der Waals surface area contributed by atoms with E-state index < -0.39 is 11.6 Å². The average Bonchev–Trinajstić information content (AvgIpc) is 3.36. The molecule has 0 radical (unpaired) electrons. The van der Waals surface area contributed by atoms with Crippen LogP contribution in [0.2, 0.25) is 0 Å². The third-order valence-electron chi connectivity index (χ3n) is 3.96. The predicted octanol–water partition coefficient (Wildman–Crippen LogP) is 4.67. The second-order valence-electron chi connectivity index (χ2n) is 8.08. The maximum Gasteiger partial charge on any atom is 0.311 e. The maximum absolute atomic E-state index is 11.0. The molecule has 0 aliphatic carbocycles. The van der Waals surface area contributed by atoms with Crippen molar-refractivity contribution in [3.05, 3.63) is 30.1 Å². The third kappa shape index (κ3) is 8.43. The Hall–Kier alpha value is -2.71. The number of fused-ring (bicyclic) bond motifs is 3. The highest BCUT2D eigenvalue weighted by Crippen LogP contribution is 2.34. The van der Waals surface area contributed by atoms with Gasteiger partial charge < -0.3 is 24.3 Å². The Labute approximate surface area is 190 Å². The second kappa shape index (κ2) is 13.0. The number of benzene rings is 1. The summed E-state index contributed by atoms with van der Waals surface area (Å²) in [5.74, 6) is 0.114. The first-order valence-corrected chi connectivity index (χ1v) is 10.9. The van der Waals surface area contributed by atoms with E-state index in [1.165, 1.54) is 0 Å². The number of anilines is 1. The van der Waals surface area contributed by atoms with Crippen molar-refractivity contribution in [2.75, 3.05) is 32.2 Å². The molecule has 8 heteroatoms. The highest BCUT2D eigenvalue weighted by Gasteiger charge is 2.22. The molecule has 0 spiro atoms. The van der Waals surface area contributed by atoms with Gasteiger partial charge in [0, 0.05) is 32.7 Å². The Morgan fingerprint density at radius 3 is 2.19 bits per heavy atom. The highest BCUT2D eigenvalue weighted by atomic mass is 16.4. The fourth-order valence-electron chi connectivity index (χ4n) is 2.98. The third-order valence-corrected chi connectivity index (χ3v) is 3.96. The van der Waals surface area contributed by atoms with Gasteiger partial charge in [-0.1, -0.05) is 26.0 Å². The van der Waals surface area contributed by atoms with Crippen LogP contribution in [0, 0.1) is 0 Å². The normalized spacial score (nSPS) is 12.9. The lowest BCUT2D eigenvalue weighted by molar-refractivity contribution is -0.136. The van der Waals surface area contributed by atoms with Gasteiger partial charge >= 0.3 is 5.97 Å². The van der Waals surface area contributed by atoms with E-state index >= 15 is 0 Å². The van der Waals surface area contributed by atoms with Crippen LogP contribution in [-0.2, 0) is 16.0 Å². The van der Waals surface area contributed by atoms with E-state index in [0.29, 0.717) is 16.9 Å². The fourth-order valence-corrected chi connectivity index (χ4v) is 2.98. The minimum Gasteiger partial charge on any atom is -0.481 e. The highest BCUT2D eigenvalue weighted by molar-refractivity contribution is 6.05. The summed E-state index contributed by atoms with van der Waals surface area (Å²) in [7, 11) is 3.25. The van der Waals surface area contributed by atoms with Crippen LogP contribution >= 0.6 is 0 Å². The Kier molecular flexibility index (Phi) is 11.1. The summed E-state index contributed by atoms with van der Waals surface area (Å²) in [5.41, 5.74) is 1.60. The van der Waals surface area contributed by atoms with Crippen molar-refractivity contribution in [3.8, 4) is 0 Å². The lowest BCUT2D eigenvalue weighted by Crippen LogP contribution is -2.20. The van der Waals surface area contributed by atoms with Gasteiger partial charge in [-0.15, -0.1) is 0 Å². The largest absolute Gasteiger partial charge is 0.481 e. The quantitative estimate of drug-likeness (QED) is 0.596. The number of carbonyl (C=O) groups is 1. The molecule has 8 nitrogen and oxygen atoms in total. The predicted molar refractivity (Wildman–Crippen MR) is 128 cm³/mol. The number of nitrogens with zero attached hydrogens (tertiary/aromatic N) is 3. The maximum atomic E-state index is 11.0. The van der Waals surface area contributed by atoms with Crippen molar-refractivity contribution in [1.82, 2.24) is 9.97 Å². The zero-order valence-electron chi connectivity index (χ0n) is 20.3. The van der Waals surface area contributed by atoms with Gasteiger partial charge in [-0.3, -0.25) is 4.79 Å². The fraction of sp³-hybridized carbons (Fsp3) is 0.542. The lowest BCUT2D eigenvalue weighted by atomic mass is 10.2. The Morgan fingerprint density at radius 2 is 1.66 bits per heavy atom. The minimum atomic E-state index is -0.931. The summed E-state index contributed by atoms with van der Waals surface area (Å²) in [6.45, 7) is 11.1. The number of methoxy groups -OCH3 is 1. The van der Waals surface area contributed by atoms with E-state index in [1.54, 1.807) is 35.0 Å². The molecule has 3 aromatic rings. The molecular formula is C24H37N3O5. The molecule has 0 saturated carbocycles. The molecule has 1 saturated heterocycles. The van der Waals surface area contributed by atoms with Crippen molar-refractivity contribution in [3.63, 3.8) is 0 Å². The molecule has 2 aromatic heterocycles. The summed E-state index contributed by atoms with van der Waals surface area (Å²) >= 11 is 0. The van der Waals surface area contributed by atoms with Crippen LogP contribution in [-0.4, -0.2) is 59.1 Å². The van der Waals surface area contributed by atoms with Gasteiger partial charge in [0.1, 0.15) is 23.3 Å². The Bertz CT molecular complexity index is 967. The van der Waals surface area contributed by atoms with Gasteiger partial charge in [-0.2, -0.15) is 0 Å². The van der Waals surface area contributed by atoms with Crippen LogP contribution < -0.4 is 4.90 Å². The number of aromatic nitrogens is 2. The molecule has 1 fully saturated rings. The molecule has 2 N–H and O–H groups in total. The van der Waals surface area contributed by atoms with Crippen LogP contribution in [0.5, 0.6) is 0 Å². The summed E-state index contributed by atoms with van der Waals surface area (Å²) in [6, 6.07) is 7.66. The molecule has 0 amide bonds. The molecule has 1 aliphatic rings. The number of hydrogen-bond acceptors (Lipinski definition) is 7. The van der Waals surface area contributed by atoms with Crippen molar-refractivity contribution in [2.45, 2.75) is 59.5 Å². The van der Waals surface area contributed by atoms with Crippen LogP contribution in [0.25, 0.3) is 22.1 Å². The average molecular weight is 448 g/mol. The Morgan fingerprint density at radius 1 is 1.12 bits per heavy atom. The standard InChI is InChI=1S/C16H15N3O3.C4H10O.C2H6O.C2H6/c20-13(21)9-12-17-14-10-5-1-2-6-11(10)22-15(14)16(18-12)19-7-3-4-8-19;1-4(2,3)5;1-3-2;1-2/h1-2,5-6H,3-4,7-9H2,(H,20,21);5H,1-3H3;1-2H3;1-2H3. The molecular weight excluding hydrogens is 410 g/mol. The summed E-state index contributed by atoms with van der Waals surface area (Å²) in [4.78, 5) is 22.1. The number of carboxylic acid groups (broad SMARTS) is 1. The van der Waals surface area contributed by atoms with Crippen molar-refractivity contribution < 1.29 is 24.2 Å². The number of para-hydroxylation sites is 1. The molecule has 0 unspecified atom stereocenters. The van der Waals surface area contributed by atoms with E-state index in [9.17, 15) is 4.79 Å². The van der Waals surface area contributed by atoms with Crippen LogP contribution in [0.4, 0.5) is 5.82 Å². The minimum absolute atomic E-state index is 0.184. The second-order valence-corrected chi connectivity index (χ2v) is 8.08. The number of rotatable bonds is 3. The van der Waals surface area contributed by atoms with E-state index in [2.05, 4.69) is 19.6 Å². The molecule has 3 heterocycles. The molecule has 1 aliphatic heterocycles. The summed E-state index contributed by atoms with van der Waals surface area (Å²) in [5, 5.41) is 18.5. The van der Waals surface area contributed by atoms with Crippen LogP contribution in [0.3, 0.4) is 0 Å². The molecule has 4 rings (SSSR count). The zero-order valence-corrected chi connectivity index (χ0v) is 20.3. The van der Waals surface area contributed by atoms with Crippen LogP contribution in [0.1, 0.15) is 53.3 Å². The molecule has 0 bridgehead atoms. The van der Waals surface area contributed by atoms with Gasteiger partial charge in [-0.25, -0.2) is 9.97 Å². The van der Waals surface area contributed by atoms with Crippen LogP contribution in [0.15, 0.2) is 28.7 Å². The SMILES string of the molecule is CC.CC(C)(C)O.COC.O=C(O)Cc1nc(N2CCCC2)c2oc3ccccc3c2n1. The van der Waals surface area contributed by atoms with E-state index in [1.807, 2.05) is 38.1 Å². The van der Waals surface area contributed by atoms with Gasteiger partial charge in [0.2, 0.25) is 0 Å². The molecule has 32 heavy (non-hydrogen) atoms. The van der Waals surface area contributed by atoms with Gasteiger partial charge in [0.25, 0.3) is 0 Å². The first-order valence-electron chi connectivity index (χ1n) is 10.9. The van der Waals surface area contributed by atoms with E-state index in [-0.39, 0.29) is 6.42 Å². The first-order chi connectivity index (χ1) is 15.1. The summed E-state index contributed by atoms with van der Waals surface area (Å²) in [6.07, 6.45) is 2.04. The Balaban J connectivity index is 0.000000440. The number of furan rings is 1. The molecule has 178 valence electrons. The van der Waals surface area contributed by atoms with Gasteiger partial charge in [0.15, 0.2) is 11.4 Å². The van der Waals surface area contributed by atoms with Gasteiger partial charge in [0.05, 0.1) is 5.60 Å². The lowest BCUT2D eigenvalue weighted by Gasteiger charge is -2.16. The number of aliphatic hydroxyl groups is 1. The van der Waals surface area contributed by atoms with Crippen molar-refractivity contribution >= 4 is 33.9 Å². The summed E-state index contributed by atoms with van der Waals surface area (Å²) < 4.78 is 10.2. The zero-order chi connectivity index (χ0) is 24.3. The van der Waals surface area contributed by atoms with E-state index in [4.69, 9.17) is 14.6 Å². The number of aliphatic carboxylic acids is 1. The smallest absolute Gasteiger partial charge is 0.311 e. The first kappa shape index (κ1) is 27.3. The van der Waals surface area contributed by atoms with Crippen molar-refractivity contribution in [1.29, 1.82) is 0 Å². The monoisotopic (exact) mass is 447 g/mol. The molecule has 0 atom stereocenters. The number of ether oxygens (including phenoxy) is 1. The topological polar surface area (TPSA) is 109 Å².